The van der Waals surface area contributed by atoms with Crippen molar-refractivity contribution in [3.05, 3.63) is 0 Å². The van der Waals surface area contributed by atoms with Crippen molar-refractivity contribution in [3.63, 3.8) is 0 Å². The molecule has 4 heteroatoms. The van der Waals surface area contributed by atoms with E-state index in [9.17, 15) is 4.79 Å². The molecule has 0 heterocycles. The van der Waals surface area contributed by atoms with E-state index >= 15 is 0 Å². The number of aliphatic hydroxyl groups is 1. The molecule has 0 aliphatic heterocycles. The highest BCUT2D eigenvalue weighted by Gasteiger charge is 2.00. The Labute approximate surface area is 123 Å². The quantitative estimate of drug-likeness (QED) is 0.265. The topological polar surface area (TPSA) is 66.8 Å². The molecule has 0 unspecified atom stereocenters. The van der Waals surface area contributed by atoms with Crippen molar-refractivity contribution in [1.82, 2.24) is 0 Å². The number of carbonyl (C=O) groups is 1. The summed E-state index contributed by atoms with van der Waals surface area (Å²) in [5.74, 6) is -0.524. The predicted octanol–water partition coefficient (Wildman–Crippen LogP) is 4.46. The van der Waals surface area contributed by atoms with Gasteiger partial charge in [0.05, 0.1) is 0 Å². The van der Waals surface area contributed by atoms with Crippen molar-refractivity contribution in [2.75, 3.05) is 6.61 Å². The van der Waals surface area contributed by atoms with Gasteiger partial charge in [-0.25, -0.2) is 4.79 Å². The molecule has 0 amide bonds. The molecule has 0 fully saturated rings. The molecule has 0 saturated heterocycles. The lowest BCUT2D eigenvalue weighted by atomic mass is 10.0. The average molecular weight is 288 g/mol. The summed E-state index contributed by atoms with van der Waals surface area (Å²) in [5.41, 5.74) is 0. The summed E-state index contributed by atoms with van der Waals surface area (Å²) in [5, 5.41) is 16.7. The second kappa shape index (κ2) is 16.4. The molecule has 120 valence electrons. The van der Waals surface area contributed by atoms with Crippen LogP contribution in [0.2, 0.25) is 0 Å². The number of unbranched alkanes of at least 4 members (excludes halogenated alkanes) is 12. The third kappa shape index (κ3) is 15.4. The normalized spacial score (nSPS) is 10.7. The summed E-state index contributed by atoms with van der Waals surface area (Å²) in [6.07, 6.45) is 15.9. The first-order valence-electron chi connectivity index (χ1n) is 8.26. The summed E-state index contributed by atoms with van der Waals surface area (Å²) in [6.45, 7) is 0.335. The molecule has 20 heavy (non-hydrogen) atoms. The third-order valence-corrected chi connectivity index (χ3v) is 3.64. The Balaban J connectivity index is 2.97. The minimum Gasteiger partial charge on any atom is -0.396 e. The second-order valence-corrected chi connectivity index (χ2v) is 5.53. The standard InChI is InChI=1S/C16H32O4/c17-15-13-11-9-7-5-3-1-2-4-6-8-10-12-14-16(18)20-19/h17,19H,1-15H2. The molecule has 0 aromatic rings. The van der Waals surface area contributed by atoms with Gasteiger partial charge in [0.1, 0.15) is 0 Å². The van der Waals surface area contributed by atoms with Crippen LogP contribution in [0.4, 0.5) is 0 Å². The van der Waals surface area contributed by atoms with Crippen molar-refractivity contribution in [2.45, 2.75) is 89.9 Å². The highest BCUT2D eigenvalue weighted by atomic mass is 17.1. The van der Waals surface area contributed by atoms with Crippen molar-refractivity contribution in [2.24, 2.45) is 0 Å². The minimum absolute atomic E-state index is 0.326. The number of hydrogen-bond donors (Lipinski definition) is 2. The fraction of sp³-hybridized carbons (Fsp3) is 0.938. The van der Waals surface area contributed by atoms with E-state index < -0.39 is 5.97 Å². The van der Waals surface area contributed by atoms with Crippen LogP contribution in [-0.4, -0.2) is 22.9 Å². The molecule has 0 rings (SSSR count). The molecule has 0 saturated carbocycles. The van der Waals surface area contributed by atoms with E-state index in [0.29, 0.717) is 13.0 Å². The first-order chi connectivity index (χ1) is 9.81. The maximum Gasteiger partial charge on any atom is 0.342 e. The van der Waals surface area contributed by atoms with Crippen molar-refractivity contribution in [1.29, 1.82) is 0 Å². The van der Waals surface area contributed by atoms with Gasteiger partial charge in [0, 0.05) is 13.0 Å². The van der Waals surface area contributed by atoms with Crippen molar-refractivity contribution >= 4 is 5.97 Å². The van der Waals surface area contributed by atoms with Gasteiger partial charge in [0.25, 0.3) is 0 Å². The van der Waals surface area contributed by atoms with E-state index in [4.69, 9.17) is 10.4 Å². The second-order valence-electron chi connectivity index (χ2n) is 5.53. The Morgan fingerprint density at radius 1 is 0.650 bits per heavy atom. The lowest BCUT2D eigenvalue weighted by Crippen LogP contribution is -1.99. The lowest BCUT2D eigenvalue weighted by molar-refractivity contribution is -0.234. The van der Waals surface area contributed by atoms with E-state index in [1.54, 1.807) is 0 Å². The Kier molecular flexibility index (Phi) is 15.9. The summed E-state index contributed by atoms with van der Waals surface area (Å²) in [4.78, 5) is 14.3. The zero-order valence-electron chi connectivity index (χ0n) is 12.8. The van der Waals surface area contributed by atoms with Crippen LogP contribution in [0.3, 0.4) is 0 Å². The molecule has 2 N–H and O–H groups in total. The van der Waals surface area contributed by atoms with Crippen LogP contribution in [0.1, 0.15) is 89.9 Å². The number of aliphatic hydroxyl groups excluding tert-OH is 1. The Morgan fingerprint density at radius 2 is 1.00 bits per heavy atom. The predicted molar refractivity (Wildman–Crippen MR) is 80.4 cm³/mol. The van der Waals surface area contributed by atoms with Crippen LogP contribution in [0, 0.1) is 0 Å². The molecule has 0 aliphatic carbocycles. The largest absolute Gasteiger partial charge is 0.396 e. The van der Waals surface area contributed by atoms with Crippen LogP contribution in [0.5, 0.6) is 0 Å². The summed E-state index contributed by atoms with van der Waals surface area (Å²) >= 11 is 0. The Bertz CT molecular complexity index is 207. The lowest BCUT2D eigenvalue weighted by Gasteiger charge is -2.02. The molecular formula is C16H32O4. The van der Waals surface area contributed by atoms with Gasteiger partial charge >= 0.3 is 5.97 Å². The van der Waals surface area contributed by atoms with E-state index in [1.165, 1.54) is 64.2 Å². The van der Waals surface area contributed by atoms with Gasteiger partial charge in [-0.15, -0.1) is 0 Å². The van der Waals surface area contributed by atoms with Gasteiger partial charge in [-0.3, -0.25) is 0 Å². The van der Waals surface area contributed by atoms with Crippen molar-refractivity contribution < 1.29 is 20.0 Å². The van der Waals surface area contributed by atoms with Crippen LogP contribution in [-0.2, 0) is 9.68 Å². The number of hydrogen-bond acceptors (Lipinski definition) is 4. The Morgan fingerprint density at radius 3 is 1.35 bits per heavy atom. The monoisotopic (exact) mass is 288 g/mol. The molecule has 0 aromatic carbocycles. The van der Waals surface area contributed by atoms with Crippen LogP contribution in [0.15, 0.2) is 0 Å². The Hall–Kier alpha value is -0.610. The molecule has 0 radical (unpaired) electrons. The zero-order valence-corrected chi connectivity index (χ0v) is 12.8. The van der Waals surface area contributed by atoms with Gasteiger partial charge in [-0.2, -0.15) is 5.26 Å². The summed E-state index contributed by atoms with van der Waals surface area (Å²) < 4.78 is 0. The van der Waals surface area contributed by atoms with Gasteiger partial charge in [0.15, 0.2) is 0 Å². The van der Waals surface area contributed by atoms with Crippen LogP contribution in [0.25, 0.3) is 0 Å². The smallest absolute Gasteiger partial charge is 0.342 e. The third-order valence-electron chi connectivity index (χ3n) is 3.64. The van der Waals surface area contributed by atoms with Crippen molar-refractivity contribution in [3.8, 4) is 0 Å². The van der Waals surface area contributed by atoms with E-state index in [1.807, 2.05) is 0 Å². The minimum atomic E-state index is -0.524. The van der Waals surface area contributed by atoms with Gasteiger partial charge < -0.3 is 9.99 Å². The fourth-order valence-electron chi connectivity index (χ4n) is 2.37. The number of carbonyl (C=O) groups excluding carboxylic acids is 1. The molecule has 4 nitrogen and oxygen atoms in total. The van der Waals surface area contributed by atoms with E-state index in [2.05, 4.69) is 4.89 Å². The maximum atomic E-state index is 10.6. The summed E-state index contributed by atoms with van der Waals surface area (Å²) in [7, 11) is 0. The van der Waals surface area contributed by atoms with Gasteiger partial charge in [-0.05, 0) is 12.8 Å². The molecule has 0 aliphatic rings. The first-order valence-corrected chi connectivity index (χ1v) is 8.26. The molecule has 0 aromatic heterocycles. The van der Waals surface area contributed by atoms with E-state index in [0.717, 1.165) is 19.3 Å². The molecular weight excluding hydrogens is 256 g/mol. The molecule has 0 bridgehead atoms. The molecule has 0 atom stereocenters. The molecule has 0 spiro atoms. The SMILES string of the molecule is O=C(CCCCCCCCCCCCCCCO)OO. The average Bonchev–Trinajstić information content (AvgIpc) is 2.47. The maximum absolute atomic E-state index is 10.6. The number of rotatable bonds is 15. The fourth-order valence-corrected chi connectivity index (χ4v) is 2.37. The highest BCUT2D eigenvalue weighted by molar-refractivity contribution is 5.68. The van der Waals surface area contributed by atoms with E-state index in [-0.39, 0.29) is 0 Å². The zero-order chi connectivity index (χ0) is 14.9. The van der Waals surface area contributed by atoms with Gasteiger partial charge in [0.2, 0.25) is 0 Å². The highest BCUT2D eigenvalue weighted by Crippen LogP contribution is 2.12. The van der Waals surface area contributed by atoms with Crippen LogP contribution < -0.4 is 0 Å². The van der Waals surface area contributed by atoms with Crippen LogP contribution >= 0.6 is 0 Å². The first kappa shape index (κ1) is 19.4. The van der Waals surface area contributed by atoms with Gasteiger partial charge in [-0.1, -0.05) is 70.6 Å². The summed E-state index contributed by atoms with van der Waals surface area (Å²) in [6, 6.07) is 0.